The molecule has 4 rings (SSSR count). The molecular weight excluding hydrogens is 407 g/mol. The van der Waals surface area contributed by atoms with Gasteiger partial charge in [0.2, 0.25) is 0 Å². The summed E-state index contributed by atoms with van der Waals surface area (Å²) < 4.78 is 39.1. The van der Waals surface area contributed by atoms with Crippen molar-refractivity contribution in [1.29, 1.82) is 0 Å². The Labute approximate surface area is 176 Å². The number of hydrogen-bond acceptors (Lipinski definition) is 2. The number of urea groups is 1. The van der Waals surface area contributed by atoms with Crippen LogP contribution in [-0.2, 0) is 12.7 Å². The summed E-state index contributed by atoms with van der Waals surface area (Å²) in [6, 6.07) is 15.5. The molecule has 1 heterocycles. The van der Waals surface area contributed by atoms with E-state index in [4.69, 9.17) is 0 Å². The Morgan fingerprint density at radius 2 is 1.58 bits per heavy atom. The number of halogens is 3. The van der Waals surface area contributed by atoms with Crippen molar-refractivity contribution < 1.29 is 22.8 Å². The summed E-state index contributed by atoms with van der Waals surface area (Å²) in [6.07, 6.45) is -4.49. The van der Waals surface area contributed by atoms with Crippen molar-refractivity contribution in [2.45, 2.75) is 19.6 Å². The highest BCUT2D eigenvalue weighted by atomic mass is 19.4. The van der Waals surface area contributed by atoms with E-state index in [0.29, 0.717) is 17.8 Å². The molecule has 0 fully saturated rings. The molecule has 158 valence electrons. The topological polar surface area (TPSA) is 70.2 Å². The minimum atomic E-state index is -4.49. The molecule has 0 aromatic heterocycles. The number of amides is 3. The summed E-state index contributed by atoms with van der Waals surface area (Å²) in [4.78, 5) is 24.1. The zero-order valence-corrected chi connectivity index (χ0v) is 16.4. The molecule has 3 aromatic carbocycles. The quantitative estimate of drug-likeness (QED) is 0.514. The summed E-state index contributed by atoms with van der Waals surface area (Å²) in [5, 5.41) is 7.82. The van der Waals surface area contributed by atoms with Crippen LogP contribution in [0.3, 0.4) is 0 Å². The minimum Gasteiger partial charge on any atom is -0.348 e. The lowest BCUT2D eigenvalue weighted by atomic mass is 9.97. The van der Waals surface area contributed by atoms with E-state index in [0.717, 1.165) is 22.8 Å². The molecule has 8 heteroatoms. The van der Waals surface area contributed by atoms with Crippen molar-refractivity contribution in [3.8, 4) is 11.1 Å². The number of carbonyl (C=O) groups is 2. The van der Waals surface area contributed by atoms with E-state index in [1.54, 1.807) is 18.2 Å². The van der Waals surface area contributed by atoms with Gasteiger partial charge in [0.15, 0.2) is 0 Å². The molecule has 1 aliphatic rings. The number of alkyl halides is 3. The van der Waals surface area contributed by atoms with Gasteiger partial charge in [0, 0.05) is 23.5 Å². The van der Waals surface area contributed by atoms with Gasteiger partial charge < -0.3 is 16.0 Å². The molecule has 31 heavy (non-hydrogen) atoms. The Balaban J connectivity index is 1.47. The van der Waals surface area contributed by atoms with Gasteiger partial charge in [0.05, 0.1) is 5.56 Å². The Hall–Kier alpha value is -3.81. The molecule has 0 aliphatic carbocycles. The monoisotopic (exact) mass is 425 g/mol. The van der Waals surface area contributed by atoms with Crippen LogP contribution in [0.15, 0.2) is 60.7 Å². The van der Waals surface area contributed by atoms with Crippen molar-refractivity contribution in [2.24, 2.45) is 0 Å². The van der Waals surface area contributed by atoms with Crippen molar-refractivity contribution in [2.75, 3.05) is 10.6 Å². The molecule has 0 saturated carbocycles. The van der Waals surface area contributed by atoms with Gasteiger partial charge in [-0.15, -0.1) is 0 Å². The van der Waals surface area contributed by atoms with Gasteiger partial charge in [0.1, 0.15) is 0 Å². The highest BCUT2D eigenvalue weighted by Crippen LogP contribution is 2.33. The number of rotatable bonds is 3. The van der Waals surface area contributed by atoms with Crippen LogP contribution < -0.4 is 16.0 Å². The number of hydrogen-bond donors (Lipinski definition) is 3. The number of carbonyl (C=O) groups excluding carboxylic acids is 2. The number of anilines is 2. The molecule has 0 unspecified atom stereocenters. The van der Waals surface area contributed by atoms with Crippen molar-refractivity contribution in [3.63, 3.8) is 0 Å². The number of nitrogens with one attached hydrogen (secondary N) is 3. The fourth-order valence-corrected chi connectivity index (χ4v) is 3.56. The van der Waals surface area contributed by atoms with E-state index in [1.807, 2.05) is 24.3 Å². The SMILES string of the molecule is Cc1ccc(NC(=O)Nc2ccc(-c3cccc4c3CNC4=O)cc2)cc1C(F)(F)F. The molecule has 0 atom stereocenters. The largest absolute Gasteiger partial charge is 0.416 e. The standard InChI is InChI=1S/C23H18F3N3O2/c1-13-5-8-16(11-20(13)23(24,25)26)29-22(31)28-15-9-6-14(7-10-15)17-3-2-4-18-19(17)12-27-21(18)30/h2-11H,12H2,1H3,(H,27,30)(H2,28,29,31). The second-order valence-corrected chi connectivity index (χ2v) is 7.20. The second kappa shape index (κ2) is 7.79. The third-order valence-corrected chi connectivity index (χ3v) is 5.10. The van der Waals surface area contributed by atoms with E-state index in [-0.39, 0.29) is 17.2 Å². The first kappa shape index (κ1) is 20.5. The summed E-state index contributed by atoms with van der Waals surface area (Å²) in [5.74, 6) is -0.100. The molecule has 0 radical (unpaired) electrons. The average molecular weight is 425 g/mol. The molecule has 3 amide bonds. The number of fused-ring (bicyclic) bond motifs is 1. The molecule has 1 aliphatic heterocycles. The smallest absolute Gasteiger partial charge is 0.348 e. The van der Waals surface area contributed by atoms with Gasteiger partial charge in [-0.25, -0.2) is 4.79 Å². The van der Waals surface area contributed by atoms with E-state index in [9.17, 15) is 22.8 Å². The van der Waals surface area contributed by atoms with E-state index in [2.05, 4.69) is 16.0 Å². The van der Waals surface area contributed by atoms with Gasteiger partial charge >= 0.3 is 12.2 Å². The minimum absolute atomic E-state index is 0.0454. The van der Waals surface area contributed by atoms with Gasteiger partial charge in [-0.05, 0) is 59.5 Å². The fraction of sp³-hybridized carbons (Fsp3) is 0.130. The molecule has 3 aromatic rings. The summed E-state index contributed by atoms with van der Waals surface area (Å²) in [5.41, 5.74) is 3.19. The summed E-state index contributed by atoms with van der Waals surface area (Å²) in [6.45, 7) is 1.82. The Morgan fingerprint density at radius 3 is 2.29 bits per heavy atom. The maximum Gasteiger partial charge on any atom is 0.416 e. The lowest BCUT2D eigenvalue weighted by Crippen LogP contribution is -2.20. The van der Waals surface area contributed by atoms with Crippen LogP contribution in [0.2, 0.25) is 0 Å². The molecule has 5 nitrogen and oxygen atoms in total. The maximum atomic E-state index is 13.0. The highest BCUT2D eigenvalue weighted by molar-refractivity contribution is 6.01. The van der Waals surface area contributed by atoms with Gasteiger partial charge in [0.25, 0.3) is 5.91 Å². The first-order chi connectivity index (χ1) is 14.7. The maximum absolute atomic E-state index is 13.0. The Morgan fingerprint density at radius 1 is 0.935 bits per heavy atom. The van der Waals surface area contributed by atoms with Crippen LogP contribution in [-0.4, -0.2) is 11.9 Å². The second-order valence-electron chi connectivity index (χ2n) is 7.20. The Kier molecular flexibility index (Phi) is 5.14. The number of benzene rings is 3. The molecule has 0 saturated heterocycles. The summed E-state index contributed by atoms with van der Waals surface area (Å²) >= 11 is 0. The van der Waals surface area contributed by atoms with Gasteiger partial charge in [-0.1, -0.05) is 30.3 Å². The van der Waals surface area contributed by atoms with Gasteiger partial charge in [-0.2, -0.15) is 13.2 Å². The third kappa shape index (κ3) is 4.23. The lowest BCUT2D eigenvalue weighted by molar-refractivity contribution is -0.138. The molecule has 3 N–H and O–H groups in total. The van der Waals surface area contributed by atoms with Crippen LogP contribution in [0.25, 0.3) is 11.1 Å². The number of aryl methyl sites for hydroxylation is 1. The zero-order valence-electron chi connectivity index (χ0n) is 16.4. The van der Waals surface area contributed by atoms with Crippen LogP contribution >= 0.6 is 0 Å². The first-order valence-corrected chi connectivity index (χ1v) is 9.49. The molecule has 0 bridgehead atoms. The molecular formula is C23H18F3N3O2. The van der Waals surface area contributed by atoms with Crippen LogP contribution in [0.5, 0.6) is 0 Å². The zero-order chi connectivity index (χ0) is 22.2. The van der Waals surface area contributed by atoms with Crippen LogP contribution in [0.4, 0.5) is 29.3 Å². The van der Waals surface area contributed by atoms with Gasteiger partial charge in [-0.3, -0.25) is 4.79 Å². The molecule has 0 spiro atoms. The van der Waals surface area contributed by atoms with Crippen molar-refractivity contribution in [3.05, 3.63) is 82.9 Å². The van der Waals surface area contributed by atoms with Crippen molar-refractivity contribution >= 4 is 23.3 Å². The van der Waals surface area contributed by atoms with E-state index >= 15 is 0 Å². The fourth-order valence-electron chi connectivity index (χ4n) is 3.56. The van der Waals surface area contributed by atoms with Crippen LogP contribution in [0, 0.1) is 6.92 Å². The normalized spacial score (nSPS) is 12.8. The van der Waals surface area contributed by atoms with E-state index in [1.165, 1.54) is 19.1 Å². The first-order valence-electron chi connectivity index (χ1n) is 9.49. The van der Waals surface area contributed by atoms with Crippen molar-refractivity contribution in [1.82, 2.24) is 5.32 Å². The predicted octanol–water partition coefficient (Wildman–Crippen LogP) is 5.57. The summed E-state index contributed by atoms with van der Waals surface area (Å²) in [7, 11) is 0. The Bertz CT molecular complexity index is 1170. The third-order valence-electron chi connectivity index (χ3n) is 5.10. The highest BCUT2D eigenvalue weighted by Gasteiger charge is 2.32. The average Bonchev–Trinajstić information content (AvgIpc) is 3.10. The van der Waals surface area contributed by atoms with Crippen LogP contribution in [0.1, 0.15) is 27.0 Å². The lowest BCUT2D eigenvalue weighted by Gasteiger charge is -2.13. The predicted molar refractivity (Wildman–Crippen MR) is 112 cm³/mol. The van der Waals surface area contributed by atoms with E-state index < -0.39 is 17.8 Å².